The van der Waals surface area contributed by atoms with Gasteiger partial charge in [-0.05, 0) is 37.6 Å². The Balaban J connectivity index is 1.78. The van der Waals surface area contributed by atoms with E-state index in [9.17, 15) is 13.6 Å². The number of hydrogen-bond acceptors (Lipinski definition) is 5. The molecular weight excluding hydrogens is 470 g/mol. The lowest BCUT2D eigenvalue weighted by molar-refractivity contribution is -0.115. The highest BCUT2D eigenvalue weighted by atomic mass is 35.5. The Morgan fingerprint density at radius 3 is 2.73 bits per heavy atom. The van der Waals surface area contributed by atoms with Crippen LogP contribution in [-0.4, -0.2) is 25.9 Å². The number of benzene rings is 2. The Bertz CT molecular complexity index is 1140. The van der Waals surface area contributed by atoms with Crippen molar-refractivity contribution in [1.29, 1.82) is 0 Å². The first kappa shape index (κ1) is 24.7. The maximum absolute atomic E-state index is 13.9. The largest absolute Gasteiger partial charge is 0.481 e. The fraction of sp³-hybridized carbons (Fsp3) is 0.261. The second kappa shape index (κ2) is 11.3. The normalized spacial score (nSPS) is 12.8. The fourth-order valence-corrected chi connectivity index (χ4v) is 4.18. The molecule has 3 aromatic rings. The Labute approximate surface area is 200 Å². The third-order valence-corrected chi connectivity index (χ3v) is 6.32. The quantitative estimate of drug-likeness (QED) is 0.276. The number of aromatic nitrogens is 3. The molecule has 0 aliphatic heterocycles. The first-order valence-corrected chi connectivity index (χ1v) is 11.5. The van der Waals surface area contributed by atoms with E-state index in [4.69, 9.17) is 16.3 Å². The van der Waals surface area contributed by atoms with Crippen LogP contribution in [0.1, 0.15) is 32.2 Å². The Morgan fingerprint density at radius 2 is 2.06 bits per heavy atom. The summed E-state index contributed by atoms with van der Waals surface area (Å²) in [7, 11) is 0. The first-order valence-electron chi connectivity index (χ1n) is 10.2. The van der Waals surface area contributed by atoms with E-state index < -0.39 is 28.9 Å². The minimum atomic E-state index is -0.842. The molecule has 0 saturated heterocycles. The number of thioether (sulfide) groups is 1. The van der Waals surface area contributed by atoms with Gasteiger partial charge in [0.15, 0.2) is 17.1 Å². The summed E-state index contributed by atoms with van der Waals surface area (Å²) in [6, 6.07) is 10.1. The molecule has 0 fully saturated rings. The van der Waals surface area contributed by atoms with E-state index in [1.165, 1.54) is 17.8 Å². The zero-order chi connectivity index (χ0) is 24.0. The van der Waals surface area contributed by atoms with Crippen LogP contribution in [-0.2, 0) is 11.3 Å². The van der Waals surface area contributed by atoms with Crippen LogP contribution in [0.25, 0.3) is 0 Å². The van der Waals surface area contributed by atoms with Crippen LogP contribution in [0.3, 0.4) is 0 Å². The Hall–Kier alpha value is -2.91. The molecule has 1 aromatic heterocycles. The smallest absolute Gasteiger partial charge is 0.238 e. The number of carbonyl (C=O) groups is 1. The number of carbonyl (C=O) groups excluding carboxylic acids is 1. The maximum atomic E-state index is 13.9. The predicted molar refractivity (Wildman–Crippen MR) is 126 cm³/mol. The van der Waals surface area contributed by atoms with E-state index in [1.807, 2.05) is 26.0 Å². The van der Waals surface area contributed by atoms with Crippen molar-refractivity contribution in [2.24, 2.45) is 0 Å². The van der Waals surface area contributed by atoms with Crippen molar-refractivity contribution in [2.45, 2.75) is 43.3 Å². The second-order valence-electron chi connectivity index (χ2n) is 7.06. The summed E-state index contributed by atoms with van der Waals surface area (Å²) in [4.78, 5) is 12.8. The van der Waals surface area contributed by atoms with Gasteiger partial charge in [-0.1, -0.05) is 48.5 Å². The van der Waals surface area contributed by atoms with Crippen LogP contribution in [0.2, 0.25) is 5.02 Å². The molecule has 0 aliphatic rings. The average molecular weight is 493 g/mol. The lowest BCUT2D eigenvalue weighted by Crippen LogP contribution is -2.25. The molecule has 174 valence electrons. The lowest BCUT2D eigenvalue weighted by atomic mass is 10.2. The summed E-state index contributed by atoms with van der Waals surface area (Å²) in [5.74, 6) is -0.933. The van der Waals surface area contributed by atoms with Crippen molar-refractivity contribution >= 4 is 35.0 Å². The van der Waals surface area contributed by atoms with Gasteiger partial charge in [-0.2, -0.15) is 0 Å². The van der Waals surface area contributed by atoms with Gasteiger partial charge in [0.25, 0.3) is 0 Å². The van der Waals surface area contributed by atoms with E-state index in [0.29, 0.717) is 34.7 Å². The Morgan fingerprint density at radius 1 is 1.30 bits per heavy atom. The van der Waals surface area contributed by atoms with Crippen molar-refractivity contribution in [1.82, 2.24) is 14.8 Å². The number of ether oxygens (including phenoxy) is 1. The van der Waals surface area contributed by atoms with Gasteiger partial charge in [-0.15, -0.1) is 16.8 Å². The van der Waals surface area contributed by atoms with E-state index in [2.05, 4.69) is 22.1 Å². The molecule has 2 atom stereocenters. The number of nitrogens with one attached hydrogen (secondary N) is 1. The first-order chi connectivity index (χ1) is 15.8. The van der Waals surface area contributed by atoms with Crippen LogP contribution < -0.4 is 10.1 Å². The number of hydrogen-bond donors (Lipinski definition) is 1. The number of allylic oxidation sites excluding steroid dienone is 1. The molecule has 0 aliphatic carbocycles. The molecule has 10 heteroatoms. The molecule has 0 spiro atoms. The molecule has 0 radical (unpaired) electrons. The van der Waals surface area contributed by atoms with Crippen molar-refractivity contribution < 1.29 is 18.3 Å². The third-order valence-electron chi connectivity index (χ3n) is 4.66. The van der Waals surface area contributed by atoms with Gasteiger partial charge in [0, 0.05) is 12.6 Å². The van der Waals surface area contributed by atoms with Gasteiger partial charge in [0.1, 0.15) is 17.4 Å². The summed E-state index contributed by atoms with van der Waals surface area (Å²) in [6.45, 7) is 7.83. The van der Waals surface area contributed by atoms with Gasteiger partial charge < -0.3 is 10.1 Å². The molecule has 2 unspecified atom stereocenters. The third kappa shape index (κ3) is 6.11. The van der Waals surface area contributed by atoms with Gasteiger partial charge in [-0.25, -0.2) is 8.78 Å². The highest BCUT2D eigenvalue weighted by Crippen LogP contribution is 2.31. The standard InChI is InChI=1S/C23H23ClF2N4O2S/c1-4-12-30-21(14(3)32-19-9-7-6-8-16(19)24)28-29-23(30)33-20(5-2)22(31)27-18-11-10-15(25)13-17(18)26/h4,6-11,13-14,20H,1,5,12H2,2-3H3,(H,27,31). The number of amides is 1. The molecule has 2 aromatic carbocycles. The molecule has 0 bridgehead atoms. The highest BCUT2D eigenvalue weighted by molar-refractivity contribution is 8.00. The van der Waals surface area contributed by atoms with Gasteiger partial charge in [0.05, 0.1) is 16.0 Å². The monoisotopic (exact) mass is 492 g/mol. The summed E-state index contributed by atoms with van der Waals surface area (Å²) in [5.41, 5.74) is -0.0875. The zero-order valence-electron chi connectivity index (χ0n) is 18.1. The molecule has 6 nitrogen and oxygen atoms in total. The summed E-state index contributed by atoms with van der Waals surface area (Å²) in [6.07, 6.45) is 1.66. The van der Waals surface area contributed by atoms with Crippen LogP contribution in [0.15, 0.2) is 60.3 Å². The van der Waals surface area contributed by atoms with E-state index in [-0.39, 0.29) is 5.69 Å². The molecule has 33 heavy (non-hydrogen) atoms. The lowest BCUT2D eigenvalue weighted by Gasteiger charge is -2.18. The molecule has 0 saturated carbocycles. The maximum Gasteiger partial charge on any atom is 0.238 e. The summed E-state index contributed by atoms with van der Waals surface area (Å²) < 4.78 is 34.8. The van der Waals surface area contributed by atoms with Crippen LogP contribution in [0.5, 0.6) is 5.75 Å². The predicted octanol–water partition coefficient (Wildman–Crippen LogP) is 6.05. The average Bonchev–Trinajstić information content (AvgIpc) is 3.18. The number of halogens is 3. The van der Waals surface area contributed by atoms with Crippen molar-refractivity contribution in [3.63, 3.8) is 0 Å². The number of nitrogens with zero attached hydrogens (tertiary/aromatic N) is 3. The minimum absolute atomic E-state index is 0.0875. The van der Waals surface area contributed by atoms with Crippen LogP contribution in [0, 0.1) is 11.6 Å². The van der Waals surface area contributed by atoms with Crippen molar-refractivity contribution in [3.05, 3.63) is 77.6 Å². The molecule has 1 N–H and O–H groups in total. The van der Waals surface area contributed by atoms with Crippen LogP contribution in [0.4, 0.5) is 14.5 Å². The topological polar surface area (TPSA) is 69.0 Å². The van der Waals surface area contributed by atoms with Crippen molar-refractivity contribution in [2.75, 3.05) is 5.32 Å². The van der Waals surface area contributed by atoms with Crippen molar-refractivity contribution in [3.8, 4) is 5.75 Å². The number of rotatable bonds is 10. The number of anilines is 1. The second-order valence-corrected chi connectivity index (χ2v) is 8.64. The Kier molecular flexibility index (Phi) is 8.46. The van der Waals surface area contributed by atoms with Gasteiger partial charge >= 0.3 is 0 Å². The van der Waals surface area contributed by atoms with E-state index in [0.717, 1.165) is 12.1 Å². The zero-order valence-corrected chi connectivity index (χ0v) is 19.7. The summed E-state index contributed by atoms with van der Waals surface area (Å²) in [5, 5.41) is 11.4. The molecular formula is C23H23ClF2N4O2S. The summed E-state index contributed by atoms with van der Waals surface area (Å²) >= 11 is 7.38. The molecule has 1 amide bonds. The fourth-order valence-electron chi connectivity index (χ4n) is 3.03. The van der Waals surface area contributed by atoms with E-state index >= 15 is 0 Å². The minimum Gasteiger partial charge on any atom is -0.481 e. The number of para-hydroxylation sites is 1. The van der Waals surface area contributed by atoms with E-state index in [1.54, 1.807) is 22.8 Å². The molecule has 3 rings (SSSR count). The SMILES string of the molecule is C=CCn1c(SC(CC)C(=O)Nc2ccc(F)cc2F)nnc1C(C)Oc1ccccc1Cl. The van der Waals surface area contributed by atoms with Crippen LogP contribution >= 0.6 is 23.4 Å². The molecule has 1 heterocycles. The van der Waals surface area contributed by atoms with Gasteiger partial charge in [0.2, 0.25) is 5.91 Å². The van der Waals surface area contributed by atoms with Gasteiger partial charge in [-0.3, -0.25) is 9.36 Å². The highest BCUT2D eigenvalue weighted by Gasteiger charge is 2.25.